The van der Waals surface area contributed by atoms with Crippen molar-refractivity contribution >= 4 is 17.9 Å². The molecule has 3 amide bonds. The second-order valence-corrected chi connectivity index (χ2v) is 5.48. The molecule has 118 valence electrons. The zero-order valence-electron chi connectivity index (χ0n) is 12.6. The third-order valence-electron chi connectivity index (χ3n) is 3.75. The highest BCUT2D eigenvalue weighted by Gasteiger charge is 2.47. The molecule has 6 heteroatoms. The summed E-state index contributed by atoms with van der Waals surface area (Å²) in [6.07, 6.45) is 0.513. The van der Waals surface area contributed by atoms with E-state index in [1.807, 2.05) is 25.1 Å². The van der Waals surface area contributed by atoms with Crippen molar-refractivity contribution in [2.75, 3.05) is 0 Å². The van der Waals surface area contributed by atoms with Gasteiger partial charge in [-0.3, -0.25) is 9.59 Å². The Labute approximate surface area is 129 Å². The summed E-state index contributed by atoms with van der Waals surface area (Å²) < 4.78 is 5.07. The van der Waals surface area contributed by atoms with E-state index < -0.39 is 23.4 Å². The molecule has 1 aromatic rings. The largest absolute Gasteiger partial charge is 0.444 e. The Morgan fingerprint density at radius 2 is 2.00 bits per heavy atom. The lowest BCUT2D eigenvalue weighted by Gasteiger charge is -2.36. The van der Waals surface area contributed by atoms with E-state index in [1.54, 1.807) is 12.1 Å². The fourth-order valence-electron chi connectivity index (χ4n) is 2.53. The van der Waals surface area contributed by atoms with Crippen LogP contribution in [0.1, 0.15) is 38.2 Å². The summed E-state index contributed by atoms with van der Waals surface area (Å²) in [6, 6.07) is 9.05. The molecule has 22 heavy (non-hydrogen) atoms. The Hall–Kier alpha value is -2.21. The zero-order valence-corrected chi connectivity index (χ0v) is 12.6. The Kier molecular flexibility index (Phi) is 4.92. The van der Waals surface area contributed by atoms with Gasteiger partial charge in [0.25, 0.3) is 5.91 Å². The van der Waals surface area contributed by atoms with Crippen LogP contribution in [-0.4, -0.2) is 28.3 Å². The summed E-state index contributed by atoms with van der Waals surface area (Å²) in [5.74, 6) is -1.22. The first kappa shape index (κ1) is 16.2. The summed E-state index contributed by atoms with van der Waals surface area (Å²) in [7, 11) is 0. The first-order chi connectivity index (χ1) is 10.5. The second kappa shape index (κ2) is 6.70. The highest BCUT2D eigenvalue weighted by molar-refractivity contribution is 6.13. The van der Waals surface area contributed by atoms with E-state index in [4.69, 9.17) is 10.5 Å². The number of amides is 3. The second-order valence-electron chi connectivity index (χ2n) is 5.48. The van der Waals surface area contributed by atoms with Crippen molar-refractivity contribution in [1.29, 1.82) is 0 Å². The van der Waals surface area contributed by atoms with Gasteiger partial charge in [-0.25, -0.2) is 4.79 Å². The van der Waals surface area contributed by atoms with Gasteiger partial charge < -0.3 is 10.5 Å². The van der Waals surface area contributed by atoms with Gasteiger partial charge >= 0.3 is 6.09 Å². The van der Waals surface area contributed by atoms with Gasteiger partial charge in [0.15, 0.2) is 0 Å². The van der Waals surface area contributed by atoms with Crippen molar-refractivity contribution in [1.82, 2.24) is 4.90 Å². The van der Waals surface area contributed by atoms with Crippen LogP contribution in [0.15, 0.2) is 30.3 Å². The predicted octanol–water partition coefficient (Wildman–Crippen LogP) is 1.97. The van der Waals surface area contributed by atoms with E-state index >= 15 is 0 Å². The van der Waals surface area contributed by atoms with Crippen LogP contribution in [0.5, 0.6) is 0 Å². The van der Waals surface area contributed by atoms with Crippen LogP contribution < -0.4 is 5.73 Å². The minimum Gasteiger partial charge on any atom is -0.444 e. The third-order valence-corrected chi connectivity index (χ3v) is 3.75. The summed E-state index contributed by atoms with van der Waals surface area (Å²) in [5, 5.41) is 0. The van der Waals surface area contributed by atoms with Gasteiger partial charge in [0.2, 0.25) is 5.91 Å². The number of hydrogen-bond donors (Lipinski definition) is 1. The fourth-order valence-corrected chi connectivity index (χ4v) is 2.53. The molecule has 6 nitrogen and oxygen atoms in total. The van der Waals surface area contributed by atoms with Crippen LogP contribution in [0.25, 0.3) is 0 Å². The van der Waals surface area contributed by atoms with E-state index in [0.29, 0.717) is 17.7 Å². The van der Waals surface area contributed by atoms with Gasteiger partial charge in [0.1, 0.15) is 6.61 Å². The van der Waals surface area contributed by atoms with Crippen molar-refractivity contribution in [2.24, 2.45) is 5.73 Å². The van der Waals surface area contributed by atoms with Crippen LogP contribution in [0.2, 0.25) is 0 Å². The maximum absolute atomic E-state index is 12.4. The number of likely N-dealkylation sites (tertiary alicyclic amines) is 1. The first-order valence-corrected chi connectivity index (χ1v) is 7.35. The average molecular weight is 304 g/mol. The quantitative estimate of drug-likeness (QED) is 0.859. The molecule has 0 radical (unpaired) electrons. The summed E-state index contributed by atoms with van der Waals surface area (Å²) >= 11 is 0. The zero-order chi connectivity index (χ0) is 16.2. The van der Waals surface area contributed by atoms with E-state index in [-0.39, 0.29) is 19.4 Å². The molecular weight excluding hydrogens is 284 g/mol. The molecule has 1 aliphatic heterocycles. The molecular formula is C16H20N2O4. The highest BCUT2D eigenvalue weighted by Crippen LogP contribution is 2.26. The Balaban J connectivity index is 2.06. The van der Waals surface area contributed by atoms with Crippen LogP contribution in [0.4, 0.5) is 4.79 Å². The van der Waals surface area contributed by atoms with Gasteiger partial charge in [-0.2, -0.15) is 4.90 Å². The molecule has 0 aliphatic carbocycles. The molecule has 1 atom stereocenters. The standard InChI is InChI=1S/C16H20N2O4/c1-2-9-16(17)10-8-13(19)18(14(16)20)15(21)22-11-12-6-4-3-5-7-12/h3-7H,2,8-11,17H2,1H3. The normalized spacial score (nSPS) is 21.8. The molecule has 0 aromatic heterocycles. The van der Waals surface area contributed by atoms with Crippen molar-refractivity contribution < 1.29 is 19.1 Å². The Bertz CT molecular complexity index is 573. The number of nitrogens with two attached hydrogens (primary N) is 1. The summed E-state index contributed by atoms with van der Waals surface area (Å²) in [6.45, 7) is 1.90. The molecule has 1 aromatic carbocycles. The Morgan fingerprint density at radius 1 is 1.32 bits per heavy atom. The van der Waals surface area contributed by atoms with E-state index in [9.17, 15) is 14.4 Å². The molecule has 2 N–H and O–H groups in total. The lowest BCUT2D eigenvalue weighted by molar-refractivity contribution is -0.150. The minimum absolute atomic E-state index is 0.00207. The summed E-state index contributed by atoms with van der Waals surface area (Å²) in [5.41, 5.74) is 5.68. The smallest absolute Gasteiger partial charge is 0.423 e. The van der Waals surface area contributed by atoms with E-state index in [0.717, 1.165) is 5.56 Å². The van der Waals surface area contributed by atoms with Gasteiger partial charge in [0, 0.05) is 6.42 Å². The molecule has 1 aliphatic rings. The van der Waals surface area contributed by atoms with Gasteiger partial charge in [0.05, 0.1) is 5.54 Å². The third kappa shape index (κ3) is 3.33. The Morgan fingerprint density at radius 3 is 2.64 bits per heavy atom. The van der Waals surface area contributed by atoms with Crippen LogP contribution in [0.3, 0.4) is 0 Å². The number of nitrogens with zero attached hydrogens (tertiary/aromatic N) is 1. The number of rotatable bonds is 4. The molecule has 0 bridgehead atoms. The average Bonchev–Trinajstić information content (AvgIpc) is 2.51. The SMILES string of the molecule is CCCC1(N)CCC(=O)N(C(=O)OCc2ccccc2)C1=O. The van der Waals surface area contributed by atoms with Crippen molar-refractivity contribution in [3.8, 4) is 0 Å². The van der Waals surface area contributed by atoms with E-state index in [2.05, 4.69) is 0 Å². The number of carbonyl (C=O) groups is 3. The number of benzene rings is 1. The van der Waals surface area contributed by atoms with E-state index in [1.165, 1.54) is 0 Å². The van der Waals surface area contributed by atoms with Gasteiger partial charge in [-0.1, -0.05) is 43.7 Å². The van der Waals surface area contributed by atoms with Crippen molar-refractivity contribution in [2.45, 2.75) is 44.8 Å². The molecule has 1 saturated heterocycles. The van der Waals surface area contributed by atoms with Gasteiger partial charge in [-0.15, -0.1) is 0 Å². The predicted molar refractivity (Wildman–Crippen MR) is 79.5 cm³/mol. The molecule has 1 unspecified atom stereocenters. The number of carbonyl (C=O) groups excluding carboxylic acids is 3. The van der Waals surface area contributed by atoms with Crippen LogP contribution >= 0.6 is 0 Å². The van der Waals surface area contributed by atoms with Crippen molar-refractivity contribution in [3.63, 3.8) is 0 Å². The molecule has 0 saturated carbocycles. The number of imide groups is 3. The lowest BCUT2D eigenvalue weighted by atomic mass is 9.85. The van der Waals surface area contributed by atoms with Crippen LogP contribution in [0, 0.1) is 0 Å². The minimum atomic E-state index is -1.16. The lowest BCUT2D eigenvalue weighted by Crippen LogP contribution is -2.62. The molecule has 0 spiro atoms. The monoisotopic (exact) mass is 304 g/mol. The summed E-state index contributed by atoms with van der Waals surface area (Å²) in [4.78, 5) is 36.9. The van der Waals surface area contributed by atoms with Crippen LogP contribution in [-0.2, 0) is 20.9 Å². The fraction of sp³-hybridized carbons (Fsp3) is 0.438. The van der Waals surface area contributed by atoms with Crippen molar-refractivity contribution in [3.05, 3.63) is 35.9 Å². The van der Waals surface area contributed by atoms with Gasteiger partial charge in [-0.05, 0) is 18.4 Å². The molecule has 1 heterocycles. The maximum Gasteiger partial charge on any atom is 0.423 e. The number of piperidine rings is 1. The molecule has 2 rings (SSSR count). The topological polar surface area (TPSA) is 89.7 Å². The number of hydrogen-bond acceptors (Lipinski definition) is 5. The maximum atomic E-state index is 12.4. The number of ether oxygens (including phenoxy) is 1. The molecule has 1 fully saturated rings. The highest BCUT2D eigenvalue weighted by atomic mass is 16.6. The first-order valence-electron chi connectivity index (χ1n) is 7.35.